The monoisotopic (exact) mass is 166 g/mol. The molecule has 0 aromatic heterocycles. The van der Waals surface area contributed by atoms with Gasteiger partial charge >= 0.3 is 0 Å². The van der Waals surface area contributed by atoms with Crippen molar-refractivity contribution in [1.29, 1.82) is 0 Å². The van der Waals surface area contributed by atoms with Crippen LogP contribution < -0.4 is 0 Å². The van der Waals surface area contributed by atoms with Crippen LogP contribution in [-0.2, 0) is 12.8 Å². The van der Waals surface area contributed by atoms with E-state index >= 15 is 0 Å². The minimum Gasteiger partial charge on any atom is -0.251 e. The molecule has 66 valence electrons. The predicted molar refractivity (Wildman–Crippen MR) is 50.1 cm³/mol. The first-order chi connectivity index (χ1) is 5.86. The van der Waals surface area contributed by atoms with Crippen molar-refractivity contribution in [3.8, 4) is 0 Å². The number of benzene rings is 1. The van der Waals surface area contributed by atoms with Gasteiger partial charge in [-0.25, -0.2) is 0 Å². The zero-order valence-corrected chi connectivity index (χ0v) is 7.52. The molecule has 1 heteroatoms. The fraction of sp³-hybridized carbons (Fsp3) is 0.455. The van der Waals surface area contributed by atoms with Crippen LogP contribution in [0.3, 0.4) is 0 Å². The van der Waals surface area contributed by atoms with E-state index in [4.69, 9.17) is 0 Å². The van der Waals surface area contributed by atoms with E-state index in [0.29, 0.717) is 6.42 Å². The summed E-state index contributed by atoms with van der Waals surface area (Å²) < 4.78 is 11.8. The third-order valence-electron chi connectivity index (χ3n) is 2.03. The van der Waals surface area contributed by atoms with Gasteiger partial charge in [0.25, 0.3) is 0 Å². The molecule has 0 heterocycles. The first-order valence-corrected chi connectivity index (χ1v) is 4.50. The van der Waals surface area contributed by atoms with Gasteiger partial charge < -0.3 is 0 Å². The molecular formula is C11H15F. The SMILES string of the molecule is CCc1ccc(CCCF)cc1. The fourth-order valence-corrected chi connectivity index (χ4v) is 1.21. The lowest BCUT2D eigenvalue weighted by Crippen LogP contribution is -1.87. The summed E-state index contributed by atoms with van der Waals surface area (Å²) in [6, 6.07) is 8.42. The summed E-state index contributed by atoms with van der Waals surface area (Å²) in [4.78, 5) is 0. The highest BCUT2D eigenvalue weighted by molar-refractivity contribution is 5.22. The Hall–Kier alpha value is -0.850. The zero-order chi connectivity index (χ0) is 8.81. The second-order valence-corrected chi connectivity index (χ2v) is 2.96. The molecule has 0 amide bonds. The molecule has 0 unspecified atom stereocenters. The fourth-order valence-electron chi connectivity index (χ4n) is 1.21. The standard InChI is InChI=1S/C11H15F/c1-2-10-5-7-11(8-6-10)4-3-9-12/h5-8H,2-4,9H2,1H3. The molecular weight excluding hydrogens is 151 g/mol. The number of aryl methyl sites for hydroxylation is 2. The maximum Gasteiger partial charge on any atom is 0.0897 e. The molecule has 0 bridgehead atoms. The smallest absolute Gasteiger partial charge is 0.0897 e. The largest absolute Gasteiger partial charge is 0.251 e. The van der Waals surface area contributed by atoms with Gasteiger partial charge in [0, 0.05) is 0 Å². The summed E-state index contributed by atoms with van der Waals surface area (Å²) in [5, 5.41) is 0. The van der Waals surface area contributed by atoms with Crippen LogP contribution in [0.4, 0.5) is 4.39 Å². The van der Waals surface area contributed by atoms with Crippen molar-refractivity contribution >= 4 is 0 Å². The van der Waals surface area contributed by atoms with Crippen molar-refractivity contribution in [2.75, 3.05) is 6.67 Å². The first-order valence-electron chi connectivity index (χ1n) is 4.50. The van der Waals surface area contributed by atoms with Gasteiger partial charge in [0.2, 0.25) is 0 Å². The number of hydrogen-bond acceptors (Lipinski definition) is 0. The van der Waals surface area contributed by atoms with Gasteiger partial charge in [-0.2, -0.15) is 0 Å². The van der Waals surface area contributed by atoms with Crippen LogP contribution in [0.15, 0.2) is 24.3 Å². The third-order valence-corrected chi connectivity index (χ3v) is 2.03. The summed E-state index contributed by atoms with van der Waals surface area (Å²) in [5.41, 5.74) is 2.59. The summed E-state index contributed by atoms with van der Waals surface area (Å²) in [5.74, 6) is 0. The second-order valence-electron chi connectivity index (χ2n) is 2.96. The van der Waals surface area contributed by atoms with Crippen LogP contribution in [0.25, 0.3) is 0 Å². The Bertz CT molecular complexity index is 213. The molecule has 0 N–H and O–H groups in total. The highest BCUT2D eigenvalue weighted by Gasteiger charge is 1.92. The van der Waals surface area contributed by atoms with E-state index in [9.17, 15) is 4.39 Å². The Morgan fingerprint density at radius 2 is 1.67 bits per heavy atom. The molecule has 1 aromatic carbocycles. The van der Waals surface area contributed by atoms with E-state index in [2.05, 4.69) is 31.2 Å². The highest BCUT2D eigenvalue weighted by atomic mass is 19.1. The number of alkyl halides is 1. The Morgan fingerprint density at radius 1 is 1.08 bits per heavy atom. The van der Waals surface area contributed by atoms with Gasteiger partial charge in [-0.3, -0.25) is 4.39 Å². The summed E-state index contributed by atoms with van der Waals surface area (Å²) in [7, 11) is 0. The van der Waals surface area contributed by atoms with Gasteiger partial charge in [-0.05, 0) is 30.4 Å². The van der Waals surface area contributed by atoms with Gasteiger partial charge in [-0.1, -0.05) is 31.2 Å². The van der Waals surface area contributed by atoms with Crippen LogP contribution in [-0.4, -0.2) is 6.67 Å². The molecule has 0 nitrogen and oxygen atoms in total. The summed E-state index contributed by atoms with van der Waals surface area (Å²) in [6.07, 6.45) is 2.58. The van der Waals surface area contributed by atoms with Gasteiger partial charge in [-0.15, -0.1) is 0 Å². The predicted octanol–water partition coefficient (Wildman–Crippen LogP) is 3.15. The van der Waals surface area contributed by atoms with E-state index in [1.807, 2.05) is 0 Å². The quantitative estimate of drug-likeness (QED) is 0.644. The van der Waals surface area contributed by atoms with Crippen molar-refractivity contribution in [3.05, 3.63) is 35.4 Å². The topological polar surface area (TPSA) is 0 Å². The van der Waals surface area contributed by atoms with E-state index in [1.54, 1.807) is 0 Å². The van der Waals surface area contributed by atoms with Crippen LogP contribution in [0.2, 0.25) is 0 Å². The number of halogens is 1. The van der Waals surface area contributed by atoms with Crippen molar-refractivity contribution in [2.24, 2.45) is 0 Å². The Labute approximate surface area is 73.4 Å². The molecule has 0 aliphatic rings. The minimum absolute atomic E-state index is 0.213. The molecule has 1 aromatic rings. The molecule has 0 radical (unpaired) electrons. The lowest BCUT2D eigenvalue weighted by molar-refractivity contribution is 0.473. The van der Waals surface area contributed by atoms with Crippen LogP contribution in [0.5, 0.6) is 0 Å². The molecule has 0 aliphatic carbocycles. The average Bonchev–Trinajstić information content (AvgIpc) is 2.15. The van der Waals surface area contributed by atoms with Crippen LogP contribution in [0.1, 0.15) is 24.5 Å². The molecule has 0 saturated heterocycles. The molecule has 0 saturated carbocycles. The maximum atomic E-state index is 11.8. The Morgan fingerprint density at radius 3 is 2.17 bits per heavy atom. The summed E-state index contributed by atoms with van der Waals surface area (Å²) in [6.45, 7) is 1.92. The first kappa shape index (κ1) is 9.24. The molecule has 0 aliphatic heterocycles. The van der Waals surface area contributed by atoms with Crippen molar-refractivity contribution in [3.63, 3.8) is 0 Å². The molecule has 0 atom stereocenters. The minimum atomic E-state index is -0.213. The molecule has 12 heavy (non-hydrogen) atoms. The average molecular weight is 166 g/mol. The molecule has 1 rings (SSSR count). The molecule has 0 fully saturated rings. The van der Waals surface area contributed by atoms with E-state index in [1.165, 1.54) is 11.1 Å². The number of hydrogen-bond donors (Lipinski definition) is 0. The second kappa shape index (κ2) is 4.91. The van der Waals surface area contributed by atoms with Crippen molar-refractivity contribution in [2.45, 2.75) is 26.2 Å². The Kier molecular flexibility index (Phi) is 3.78. The molecule has 0 spiro atoms. The zero-order valence-electron chi connectivity index (χ0n) is 7.52. The summed E-state index contributed by atoms with van der Waals surface area (Å²) >= 11 is 0. The Balaban J connectivity index is 2.53. The number of rotatable bonds is 4. The maximum absolute atomic E-state index is 11.8. The lowest BCUT2D eigenvalue weighted by atomic mass is 10.1. The third kappa shape index (κ3) is 2.65. The van der Waals surface area contributed by atoms with Crippen LogP contribution >= 0.6 is 0 Å². The van der Waals surface area contributed by atoms with Crippen LogP contribution in [0, 0.1) is 0 Å². The van der Waals surface area contributed by atoms with Gasteiger partial charge in [0.05, 0.1) is 6.67 Å². The van der Waals surface area contributed by atoms with E-state index < -0.39 is 0 Å². The van der Waals surface area contributed by atoms with E-state index in [0.717, 1.165) is 12.8 Å². The normalized spacial score (nSPS) is 10.2. The van der Waals surface area contributed by atoms with E-state index in [-0.39, 0.29) is 6.67 Å². The lowest BCUT2D eigenvalue weighted by Gasteiger charge is -2.00. The van der Waals surface area contributed by atoms with Gasteiger partial charge in [0.15, 0.2) is 0 Å². The van der Waals surface area contributed by atoms with Gasteiger partial charge in [0.1, 0.15) is 0 Å². The highest BCUT2D eigenvalue weighted by Crippen LogP contribution is 2.07. The van der Waals surface area contributed by atoms with Crippen molar-refractivity contribution in [1.82, 2.24) is 0 Å². The van der Waals surface area contributed by atoms with Crippen molar-refractivity contribution < 1.29 is 4.39 Å².